The zero-order valence-corrected chi connectivity index (χ0v) is 22.7. The fourth-order valence-electron chi connectivity index (χ4n) is 4.04. The van der Waals surface area contributed by atoms with Gasteiger partial charge in [-0.15, -0.1) is 0 Å². The molecule has 0 fully saturated rings. The van der Waals surface area contributed by atoms with Gasteiger partial charge in [0.1, 0.15) is 18.1 Å². The summed E-state index contributed by atoms with van der Waals surface area (Å²) in [4.78, 5) is 26.1. The van der Waals surface area contributed by atoms with E-state index in [0.29, 0.717) is 10.1 Å². The molecule has 206 valence electrons. The average Bonchev–Trinajstić information content (AvgIpc) is 2.97. The molecule has 0 aliphatic heterocycles. The maximum Gasteiger partial charge on any atom is 0.264 e. The molecule has 0 spiro atoms. The van der Waals surface area contributed by atoms with Crippen LogP contribution in [0.3, 0.4) is 0 Å². The number of sulfonamides is 1. The predicted octanol–water partition coefficient (Wildman–Crippen LogP) is 5.16. The first-order chi connectivity index (χ1) is 19.2. The SMILES string of the molecule is COc1ccc(S(=O)(=O)N(CC(=O)Nc2ccccc2C(=O)NC(C)c2ccccc2)c2ccccc2F)cc1. The van der Waals surface area contributed by atoms with Crippen LogP contribution in [0.4, 0.5) is 15.8 Å². The van der Waals surface area contributed by atoms with E-state index >= 15 is 0 Å². The number of hydrogen-bond donors (Lipinski definition) is 2. The summed E-state index contributed by atoms with van der Waals surface area (Å²) in [6, 6.07) is 26.3. The molecule has 0 aromatic heterocycles. The quantitative estimate of drug-likeness (QED) is 0.278. The van der Waals surface area contributed by atoms with Gasteiger partial charge in [-0.1, -0.05) is 54.6 Å². The van der Waals surface area contributed by atoms with E-state index in [4.69, 9.17) is 4.74 Å². The van der Waals surface area contributed by atoms with E-state index in [-0.39, 0.29) is 27.9 Å². The van der Waals surface area contributed by atoms with Crippen molar-refractivity contribution in [2.24, 2.45) is 0 Å². The molecule has 2 N–H and O–H groups in total. The Kier molecular flexibility index (Phi) is 8.80. The Hall–Kier alpha value is -4.70. The third-order valence-corrected chi connectivity index (χ3v) is 7.92. The lowest BCUT2D eigenvalue weighted by molar-refractivity contribution is -0.114. The van der Waals surface area contributed by atoms with E-state index in [1.807, 2.05) is 37.3 Å². The highest BCUT2D eigenvalue weighted by molar-refractivity contribution is 7.92. The van der Waals surface area contributed by atoms with Crippen LogP contribution in [0.25, 0.3) is 0 Å². The van der Waals surface area contributed by atoms with Crippen molar-refractivity contribution in [1.29, 1.82) is 0 Å². The molecule has 1 atom stereocenters. The van der Waals surface area contributed by atoms with Gasteiger partial charge in [0, 0.05) is 0 Å². The highest BCUT2D eigenvalue weighted by atomic mass is 32.2. The van der Waals surface area contributed by atoms with Crippen LogP contribution in [0.5, 0.6) is 5.75 Å². The summed E-state index contributed by atoms with van der Waals surface area (Å²) in [5, 5.41) is 5.52. The lowest BCUT2D eigenvalue weighted by atomic mass is 10.1. The number of methoxy groups -OCH3 is 1. The maximum absolute atomic E-state index is 14.8. The van der Waals surface area contributed by atoms with Crippen LogP contribution in [-0.2, 0) is 14.8 Å². The average molecular weight is 562 g/mol. The molecule has 0 heterocycles. The van der Waals surface area contributed by atoms with Crippen LogP contribution in [0.1, 0.15) is 28.9 Å². The number of nitrogens with one attached hydrogen (secondary N) is 2. The van der Waals surface area contributed by atoms with Crippen molar-refractivity contribution in [2.75, 3.05) is 23.3 Å². The van der Waals surface area contributed by atoms with Gasteiger partial charge >= 0.3 is 0 Å². The molecule has 40 heavy (non-hydrogen) atoms. The molecule has 4 aromatic carbocycles. The number of para-hydroxylation sites is 2. The predicted molar refractivity (Wildman–Crippen MR) is 151 cm³/mol. The third-order valence-electron chi connectivity index (χ3n) is 6.15. The second-order valence-corrected chi connectivity index (χ2v) is 10.7. The molecular formula is C30H28FN3O5S. The highest BCUT2D eigenvalue weighted by Crippen LogP contribution is 2.27. The maximum atomic E-state index is 14.8. The van der Waals surface area contributed by atoms with Gasteiger partial charge in [0.25, 0.3) is 15.9 Å². The molecular weight excluding hydrogens is 533 g/mol. The van der Waals surface area contributed by atoms with Crippen LogP contribution in [0.15, 0.2) is 108 Å². The number of ether oxygens (including phenoxy) is 1. The summed E-state index contributed by atoms with van der Waals surface area (Å²) in [7, 11) is -2.92. The minimum atomic E-state index is -4.36. The molecule has 0 bridgehead atoms. The van der Waals surface area contributed by atoms with Crippen molar-refractivity contribution >= 4 is 33.2 Å². The molecule has 10 heteroatoms. The summed E-state index contributed by atoms with van der Waals surface area (Å²) < 4.78 is 47.7. The summed E-state index contributed by atoms with van der Waals surface area (Å²) in [6.45, 7) is 1.09. The Balaban J connectivity index is 1.59. The Morgan fingerprint density at radius 2 is 1.50 bits per heavy atom. The van der Waals surface area contributed by atoms with Gasteiger partial charge in [-0.2, -0.15) is 0 Å². The second kappa shape index (κ2) is 12.4. The monoisotopic (exact) mass is 561 g/mol. The minimum Gasteiger partial charge on any atom is -0.497 e. The topological polar surface area (TPSA) is 105 Å². The molecule has 0 saturated carbocycles. The lowest BCUT2D eigenvalue weighted by Crippen LogP contribution is -2.39. The number of nitrogens with zero attached hydrogens (tertiary/aromatic N) is 1. The Morgan fingerprint density at radius 3 is 2.17 bits per heavy atom. The molecule has 0 aliphatic carbocycles. The van der Waals surface area contributed by atoms with Gasteiger partial charge in [0.15, 0.2) is 0 Å². The lowest BCUT2D eigenvalue weighted by Gasteiger charge is -2.25. The van der Waals surface area contributed by atoms with E-state index in [1.165, 1.54) is 55.6 Å². The zero-order chi connectivity index (χ0) is 28.7. The van der Waals surface area contributed by atoms with Crippen molar-refractivity contribution in [1.82, 2.24) is 5.32 Å². The molecule has 0 saturated heterocycles. The number of halogens is 1. The Morgan fingerprint density at radius 1 is 0.875 bits per heavy atom. The van der Waals surface area contributed by atoms with Crippen molar-refractivity contribution < 1.29 is 27.1 Å². The zero-order valence-electron chi connectivity index (χ0n) is 21.9. The van der Waals surface area contributed by atoms with Crippen LogP contribution in [0, 0.1) is 5.82 Å². The van der Waals surface area contributed by atoms with Crippen LogP contribution in [-0.4, -0.2) is 33.9 Å². The number of hydrogen-bond acceptors (Lipinski definition) is 5. The van der Waals surface area contributed by atoms with E-state index < -0.39 is 34.2 Å². The largest absolute Gasteiger partial charge is 0.497 e. The van der Waals surface area contributed by atoms with Gasteiger partial charge in [-0.05, 0) is 61.0 Å². The van der Waals surface area contributed by atoms with Crippen molar-refractivity contribution in [3.05, 3.63) is 120 Å². The number of benzene rings is 4. The van der Waals surface area contributed by atoms with Crippen molar-refractivity contribution in [3.63, 3.8) is 0 Å². The Labute approximate surface area is 232 Å². The van der Waals surface area contributed by atoms with Crippen molar-refractivity contribution in [2.45, 2.75) is 17.9 Å². The molecule has 0 radical (unpaired) electrons. The molecule has 4 rings (SSSR count). The van der Waals surface area contributed by atoms with Crippen molar-refractivity contribution in [3.8, 4) is 5.75 Å². The summed E-state index contributed by atoms with van der Waals surface area (Å²) >= 11 is 0. The summed E-state index contributed by atoms with van der Waals surface area (Å²) in [6.07, 6.45) is 0. The highest BCUT2D eigenvalue weighted by Gasteiger charge is 2.29. The number of carbonyl (C=O) groups is 2. The molecule has 4 aromatic rings. The van der Waals surface area contributed by atoms with Crippen LogP contribution in [0.2, 0.25) is 0 Å². The van der Waals surface area contributed by atoms with Crippen LogP contribution < -0.4 is 19.7 Å². The smallest absolute Gasteiger partial charge is 0.264 e. The number of carbonyl (C=O) groups excluding carboxylic acids is 2. The Bertz CT molecular complexity index is 1600. The van der Waals surface area contributed by atoms with Gasteiger partial charge < -0.3 is 15.4 Å². The number of anilines is 2. The molecule has 0 aliphatic rings. The number of rotatable bonds is 10. The first-order valence-corrected chi connectivity index (χ1v) is 13.8. The standard InChI is InChI=1S/C30H28FN3O5S/c1-21(22-10-4-3-5-11-22)32-30(36)25-12-6-8-14-27(25)33-29(35)20-34(28-15-9-7-13-26(28)31)40(37,38)24-18-16-23(39-2)17-19-24/h3-19,21H,20H2,1-2H3,(H,32,36)(H,33,35). The van der Waals surface area contributed by atoms with E-state index in [2.05, 4.69) is 10.6 Å². The first-order valence-electron chi connectivity index (χ1n) is 12.4. The molecule has 8 nitrogen and oxygen atoms in total. The van der Waals surface area contributed by atoms with Crippen LogP contribution >= 0.6 is 0 Å². The van der Waals surface area contributed by atoms with E-state index in [1.54, 1.807) is 18.2 Å². The fourth-order valence-corrected chi connectivity index (χ4v) is 5.47. The summed E-state index contributed by atoms with van der Waals surface area (Å²) in [5.74, 6) is -1.58. The first kappa shape index (κ1) is 28.3. The van der Waals surface area contributed by atoms with E-state index in [0.717, 1.165) is 11.6 Å². The van der Waals surface area contributed by atoms with Gasteiger partial charge in [-0.25, -0.2) is 12.8 Å². The number of amides is 2. The van der Waals surface area contributed by atoms with E-state index in [9.17, 15) is 22.4 Å². The third kappa shape index (κ3) is 6.47. The summed E-state index contributed by atoms with van der Waals surface area (Å²) in [5.41, 5.74) is 0.979. The van der Waals surface area contributed by atoms with Gasteiger partial charge in [-0.3, -0.25) is 13.9 Å². The minimum absolute atomic E-state index is 0.154. The molecule has 1 unspecified atom stereocenters. The molecule has 2 amide bonds. The second-order valence-electron chi connectivity index (χ2n) is 8.84. The normalized spacial score (nSPS) is 11.8. The van der Waals surface area contributed by atoms with Gasteiger partial charge in [0.05, 0.1) is 35.0 Å². The fraction of sp³-hybridized carbons (Fsp3) is 0.133. The van der Waals surface area contributed by atoms with Gasteiger partial charge in [0.2, 0.25) is 5.91 Å².